The van der Waals surface area contributed by atoms with Gasteiger partial charge in [0, 0.05) is 18.6 Å². The molecule has 0 amide bonds. The third kappa shape index (κ3) is 2.81. The molecule has 0 bridgehead atoms. The second kappa shape index (κ2) is 5.31. The monoisotopic (exact) mass is 225 g/mol. The first-order valence-electron chi connectivity index (χ1n) is 5.47. The number of rotatable bonds is 4. The van der Waals surface area contributed by atoms with E-state index in [2.05, 4.69) is 15.5 Å². The van der Waals surface area contributed by atoms with Crippen LogP contribution in [0.4, 0.5) is 5.82 Å². The van der Waals surface area contributed by atoms with Crippen LogP contribution < -0.4 is 5.32 Å². The Balaban J connectivity index is 1.83. The van der Waals surface area contributed by atoms with Gasteiger partial charge < -0.3 is 5.32 Å². The lowest BCUT2D eigenvalue weighted by Crippen LogP contribution is -2.19. The van der Waals surface area contributed by atoms with Crippen molar-refractivity contribution in [3.05, 3.63) is 18.3 Å². The van der Waals surface area contributed by atoms with Gasteiger partial charge in [0.2, 0.25) is 0 Å². The Bertz CT molecular complexity index is 291. The van der Waals surface area contributed by atoms with Crippen LogP contribution in [0.3, 0.4) is 0 Å². The predicted molar refractivity (Wildman–Crippen MR) is 62.1 cm³/mol. The second-order valence-electron chi connectivity index (χ2n) is 4.10. The summed E-state index contributed by atoms with van der Waals surface area (Å²) in [4.78, 5) is 0. The van der Waals surface area contributed by atoms with E-state index in [0.29, 0.717) is 11.8 Å². The van der Waals surface area contributed by atoms with Gasteiger partial charge in [-0.05, 0) is 36.8 Å². The van der Waals surface area contributed by atoms with Crippen LogP contribution in [-0.2, 0) is 0 Å². The third-order valence-corrected chi connectivity index (χ3v) is 3.53. The largest absolute Gasteiger partial charge is 0.368 e. The fourth-order valence-electron chi connectivity index (χ4n) is 2.22. The molecule has 1 N–H and O–H groups in total. The summed E-state index contributed by atoms with van der Waals surface area (Å²) in [5, 5.41) is 11.1. The average molecular weight is 226 g/mol. The van der Waals surface area contributed by atoms with E-state index in [-0.39, 0.29) is 0 Å². The Labute approximate surface area is 95.2 Å². The highest BCUT2D eigenvalue weighted by Gasteiger charge is 2.25. The number of halogens is 1. The maximum atomic E-state index is 5.93. The van der Waals surface area contributed by atoms with E-state index in [1.54, 1.807) is 6.20 Å². The number of aromatic nitrogens is 2. The molecule has 0 spiro atoms. The van der Waals surface area contributed by atoms with Crippen molar-refractivity contribution < 1.29 is 0 Å². The minimum Gasteiger partial charge on any atom is -0.368 e. The maximum absolute atomic E-state index is 5.93. The molecule has 2 atom stereocenters. The van der Waals surface area contributed by atoms with Crippen molar-refractivity contribution in [3.63, 3.8) is 0 Å². The maximum Gasteiger partial charge on any atom is 0.148 e. The van der Waals surface area contributed by atoms with Gasteiger partial charge in [0.05, 0.1) is 0 Å². The minimum atomic E-state index is 0.677. The van der Waals surface area contributed by atoms with E-state index in [1.807, 2.05) is 12.1 Å². The topological polar surface area (TPSA) is 37.8 Å². The van der Waals surface area contributed by atoms with Crippen molar-refractivity contribution in [1.29, 1.82) is 0 Å². The highest BCUT2D eigenvalue weighted by atomic mass is 35.5. The van der Waals surface area contributed by atoms with Crippen LogP contribution in [0, 0.1) is 11.8 Å². The van der Waals surface area contributed by atoms with E-state index in [4.69, 9.17) is 11.6 Å². The van der Waals surface area contributed by atoms with Gasteiger partial charge in [0.25, 0.3) is 0 Å². The number of nitrogens with zero attached hydrogens (tertiary/aromatic N) is 2. The third-order valence-electron chi connectivity index (χ3n) is 3.13. The first-order chi connectivity index (χ1) is 7.40. The first-order valence-corrected chi connectivity index (χ1v) is 6.01. The van der Waals surface area contributed by atoms with Crippen molar-refractivity contribution in [2.45, 2.75) is 19.3 Å². The fourth-order valence-corrected chi connectivity index (χ4v) is 2.62. The van der Waals surface area contributed by atoms with Crippen molar-refractivity contribution in [2.75, 3.05) is 17.7 Å². The Kier molecular flexibility index (Phi) is 3.78. The van der Waals surface area contributed by atoms with Crippen LogP contribution in [0.15, 0.2) is 18.3 Å². The van der Waals surface area contributed by atoms with E-state index in [1.165, 1.54) is 19.3 Å². The summed E-state index contributed by atoms with van der Waals surface area (Å²) >= 11 is 5.93. The molecular weight excluding hydrogens is 210 g/mol. The zero-order chi connectivity index (χ0) is 10.5. The molecule has 82 valence electrons. The van der Waals surface area contributed by atoms with Crippen molar-refractivity contribution in [2.24, 2.45) is 11.8 Å². The minimum absolute atomic E-state index is 0.677. The van der Waals surface area contributed by atoms with Crippen LogP contribution in [-0.4, -0.2) is 22.6 Å². The van der Waals surface area contributed by atoms with E-state index >= 15 is 0 Å². The molecule has 2 unspecified atom stereocenters. The van der Waals surface area contributed by atoms with Gasteiger partial charge in [-0.2, -0.15) is 5.10 Å². The van der Waals surface area contributed by atoms with E-state index in [0.717, 1.165) is 18.2 Å². The summed E-state index contributed by atoms with van der Waals surface area (Å²) in [6.45, 7) is 0.968. The zero-order valence-electron chi connectivity index (χ0n) is 8.69. The molecule has 15 heavy (non-hydrogen) atoms. The summed E-state index contributed by atoms with van der Waals surface area (Å²) in [5.41, 5.74) is 0. The quantitative estimate of drug-likeness (QED) is 0.801. The van der Waals surface area contributed by atoms with E-state index in [9.17, 15) is 0 Å². The molecule has 1 heterocycles. The van der Waals surface area contributed by atoms with E-state index < -0.39 is 0 Å². The number of nitrogens with one attached hydrogen (secondary N) is 1. The van der Waals surface area contributed by atoms with Crippen LogP contribution >= 0.6 is 11.6 Å². The number of hydrogen-bond acceptors (Lipinski definition) is 3. The molecule has 1 aliphatic rings. The van der Waals surface area contributed by atoms with Crippen LogP contribution in [0.5, 0.6) is 0 Å². The zero-order valence-corrected chi connectivity index (χ0v) is 9.45. The average Bonchev–Trinajstić information content (AvgIpc) is 2.75. The highest BCUT2D eigenvalue weighted by Crippen LogP contribution is 2.32. The van der Waals surface area contributed by atoms with Crippen molar-refractivity contribution >= 4 is 17.4 Å². The van der Waals surface area contributed by atoms with Gasteiger partial charge in [-0.25, -0.2) is 0 Å². The number of alkyl halides is 1. The number of hydrogen-bond donors (Lipinski definition) is 1. The lowest BCUT2D eigenvalue weighted by Gasteiger charge is -2.17. The molecule has 4 heteroatoms. The molecule has 1 aromatic rings. The molecule has 1 fully saturated rings. The summed E-state index contributed by atoms with van der Waals surface area (Å²) in [5.74, 6) is 3.02. The molecular formula is C11H16ClN3. The molecule has 3 nitrogen and oxygen atoms in total. The lowest BCUT2D eigenvalue weighted by atomic mass is 9.98. The molecule has 0 saturated heterocycles. The molecule has 2 rings (SSSR count). The van der Waals surface area contributed by atoms with Gasteiger partial charge in [-0.3, -0.25) is 0 Å². The standard InChI is InChI=1S/C11H16ClN3/c12-7-9-3-1-4-10(9)8-13-11-5-2-6-14-15-11/h2,5-6,9-10H,1,3-4,7-8H2,(H,13,15). The molecule has 1 aliphatic carbocycles. The molecule has 0 aliphatic heterocycles. The SMILES string of the molecule is ClCC1CCCC1CNc1cccnn1. The smallest absolute Gasteiger partial charge is 0.148 e. The van der Waals surface area contributed by atoms with Crippen LogP contribution in [0.1, 0.15) is 19.3 Å². The molecule has 0 aromatic carbocycles. The van der Waals surface area contributed by atoms with Gasteiger partial charge in [0.15, 0.2) is 0 Å². The van der Waals surface area contributed by atoms with Gasteiger partial charge in [-0.15, -0.1) is 16.7 Å². The fraction of sp³-hybridized carbons (Fsp3) is 0.636. The Hall–Kier alpha value is -0.830. The summed E-state index contributed by atoms with van der Waals surface area (Å²) in [6.07, 6.45) is 5.55. The molecule has 1 saturated carbocycles. The molecule has 1 aromatic heterocycles. The summed E-state index contributed by atoms with van der Waals surface area (Å²) < 4.78 is 0. The Morgan fingerprint density at radius 3 is 3.00 bits per heavy atom. The van der Waals surface area contributed by atoms with Crippen molar-refractivity contribution in [3.8, 4) is 0 Å². The first kappa shape index (κ1) is 10.7. The Morgan fingerprint density at radius 2 is 2.27 bits per heavy atom. The summed E-state index contributed by atoms with van der Waals surface area (Å²) in [6, 6.07) is 3.83. The number of anilines is 1. The lowest BCUT2D eigenvalue weighted by molar-refractivity contribution is 0.444. The highest BCUT2D eigenvalue weighted by molar-refractivity contribution is 6.18. The summed E-state index contributed by atoms with van der Waals surface area (Å²) in [7, 11) is 0. The van der Waals surface area contributed by atoms with Gasteiger partial charge >= 0.3 is 0 Å². The Morgan fingerprint density at radius 1 is 1.40 bits per heavy atom. The van der Waals surface area contributed by atoms with Crippen LogP contribution in [0.25, 0.3) is 0 Å². The normalized spacial score (nSPS) is 25.4. The molecule has 0 radical (unpaired) electrons. The van der Waals surface area contributed by atoms with Crippen molar-refractivity contribution in [1.82, 2.24) is 10.2 Å². The predicted octanol–water partition coefficient (Wildman–Crippen LogP) is 2.54. The van der Waals surface area contributed by atoms with Gasteiger partial charge in [0.1, 0.15) is 5.82 Å². The van der Waals surface area contributed by atoms with Crippen LogP contribution in [0.2, 0.25) is 0 Å². The second-order valence-corrected chi connectivity index (χ2v) is 4.40. The van der Waals surface area contributed by atoms with Gasteiger partial charge in [-0.1, -0.05) is 6.42 Å².